The molecule has 152 valence electrons. The second kappa shape index (κ2) is 9.38. The van der Waals surface area contributed by atoms with Crippen molar-refractivity contribution in [2.45, 2.75) is 39.3 Å². The van der Waals surface area contributed by atoms with Gasteiger partial charge >= 0.3 is 5.97 Å². The molecule has 1 aromatic carbocycles. The first-order valence-corrected chi connectivity index (χ1v) is 9.03. The van der Waals surface area contributed by atoms with Crippen LogP contribution in [0.4, 0.5) is 4.39 Å². The molecular weight excluding hydrogens is 371 g/mol. The van der Waals surface area contributed by atoms with Crippen molar-refractivity contribution in [3.8, 4) is 0 Å². The molecule has 0 saturated heterocycles. The highest BCUT2D eigenvalue weighted by atomic mass is 19.1. The fourth-order valence-corrected chi connectivity index (χ4v) is 3.41. The third-order valence-electron chi connectivity index (χ3n) is 4.99. The summed E-state index contributed by atoms with van der Waals surface area (Å²) >= 11 is 0. The van der Waals surface area contributed by atoms with Crippen LogP contribution in [-0.2, 0) is 25.7 Å². The minimum absolute atomic E-state index is 0.143. The zero-order valence-electron chi connectivity index (χ0n) is 15.7. The summed E-state index contributed by atoms with van der Waals surface area (Å²) in [5.41, 5.74) is 0.682. The predicted octanol–water partition coefficient (Wildman–Crippen LogP) is 1.88. The smallest absolute Gasteiger partial charge is 0.307 e. The Labute approximate surface area is 161 Å². The van der Waals surface area contributed by atoms with E-state index in [1.54, 1.807) is 6.92 Å². The molecule has 0 aliphatic heterocycles. The normalized spacial score (nSPS) is 22.5. The van der Waals surface area contributed by atoms with Crippen molar-refractivity contribution in [3.05, 3.63) is 45.8 Å². The fourth-order valence-electron chi connectivity index (χ4n) is 3.41. The number of nitro groups is 1. The average Bonchev–Trinajstić information content (AvgIpc) is 2.87. The minimum Gasteiger partial charge on any atom is -0.453 e. The van der Waals surface area contributed by atoms with Gasteiger partial charge in [0.05, 0.1) is 6.42 Å². The molecule has 0 radical (unpaired) electrons. The van der Waals surface area contributed by atoms with E-state index in [1.807, 2.05) is 0 Å². The van der Waals surface area contributed by atoms with E-state index in [4.69, 9.17) is 4.74 Å². The van der Waals surface area contributed by atoms with E-state index in [0.29, 0.717) is 5.56 Å². The van der Waals surface area contributed by atoms with Crippen LogP contribution in [0.5, 0.6) is 0 Å². The maximum absolute atomic E-state index is 12.9. The molecule has 0 aromatic heterocycles. The van der Waals surface area contributed by atoms with Crippen molar-refractivity contribution in [2.75, 3.05) is 6.54 Å². The van der Waals surface area contributed by atoms with Gasteiger partial charge in [0.1, 0.15) is 11.6 Å². The highest BCUT2D eigenvalue weighted by Gasteiger charge is 2.44. The highest BCUT2D eigenvalue weighted by Crippen LogP contribution is 2.36. The lowest BCUT2D eigenvalue weighted by Gasteiger charge is -2.18. The lowest BCUT2D eigenvalue weighted by Crippen LogP contribution is -2.36. The minimum atomic E-state index is -1.09. The molecule has 1 aliphatic rings. The van der Waals surface area contributed by atoms with E-state index in [0.717, 1.165) is 0 Å². The molecule has 2 rings (SSSR count). The molecule has 4 atom stereocenters. The van der Waals surface area contributed by atoms with E-state index < -0.39 is 34.7 Å². The van der Waals surface area contributed by atoms with Crippen LogP contribution in [-0.4, -0.2) is 35.2 Å². The SMILES string of the molecule is C[C@H](OC(=O)C[C@@H]1C(=O)C[C@@H](C)[C@H]1C[N+](=O)[O-])C(=O)NCc1ccc(F)cc1. The van der Waals surface area contributed by atoms with Crippen LogP contribution >= 0.6 is 0 Å². The zero-order chi connectivity index (χ0) is 20.8. The van der Waals surface area contributed by atoms with E-state index in [2.05, 4.69) is 5.32 Å². The first-order valence-electron chi connectivity index (χ1n) is 9.03. The number of ether oxygens (including phenoxy) is 1. The number of hydrogen-bond donors (Lipinski definition) is 1. The summed E-state index contributed by atoms with van der Waals surface area (Å²) in [6.45, 7) is 2.91. The summed E-state index contributed by atoms with van der Waals surface area (Å²) in [5, 5.41) is 13.4. The van der Waals surface area contributed by atoms with Crippen molar-refractivity contribution in [3.63, 3.8) is 0 Å². The van der Waals surface area contributed by atoms with Crippen molar-refractivity contribution in [1.29, 1.82) is 0 Å². The van der Waals surface area contributed by atoms with Crippen LogP contribution in [0.1, 0.15) is 32.3 Å². The first-order chi connectivity index (χ1) is 13.2. The first kappa shape index (κ1) is 21.5. The highest BCUT2D eigenvalue weighted by molar-refractivity contribution is 5.89. The Bertz CT molecular complexity index is 751. The van der Waals surface area contributed by atoms with Gasteiger partial charge in [0, 0.05) is 29.7 Å². The third-order valence-corrected chi connectivity index (χ3v) is 4.99. The standard InChI is InChI=1S/C19H23FN2O6/c1-11-7-17(23)15(16(11)10-22(26)27)8-18(24)28-12(2)19(25)21-9-13-3-5-14(20)6-4-13/h3-6,11-12,15-16H,7-10H2,1-2H3,(H,21,25)/t11-,12+,15+,16-/m1/s1. The number of esters is 1. The van der Waals surface area contributed by atoms with E-state index in [1.165, 1.54) is 31.2 Å². The molecule has 0 heterocycles. The second-order valence-corrected chi connectivity index (χ2v) is 7.11. The molecule has 1 fully saturated rings. The van der Waals surface area contributed by atoms with Crippen LogP contribution in [0.15, 0.2) is 24.3 Å². The summed E-state index contributed by atoms with van der Waals surface area (Å²) in [7, 11) is 0. The van der Waals surface area contributed by atoms with Gasteiger partial charge in [-0.25, -0.2) is 4.39 Å². The quantitative estimate of drug-likeness (QED) is 0.409. The number of nitrogens with zero attached hydrogens (tertiary/aromatic N) is 1. The zero-order valence-corrected chi connectivity index (χ0v) is 15.7. The average molecular weight is 394 g/mol. The Morgan fingerprint density at radius 1 is 1.36 bits per heavy atom. The number of ketones is 1. The number of benzene rings is 1. The number of halogens is 1. The third kappa shape index (κ3) is 5.83. The number of nitrogens with one attached hydrogen (secondary N) is 1. The topological polar surface area (TPSA) is 116 Å². The van der Waals surface area contributed by atoms with Crippen molar-refractivity contribution < 1.29 is 28.4 Å². The summed E-state index contributed by atoms with van der Waals surface area (Å²) in [6, 6.07) is 5.58. The van der Waals surface area contributed by atoms with Crippen LogP contribution in [0.2, 0.25) is 0 Å². The van der Waals surface area contributed by atoms with Gasteiger partial charge in [-0.3, -0.25) is 24.5 Å². The Hall–Kier alpha value is -2.84. The van der Waals surface area contributed by atoms with Gasteiger partial charge in [0.15, 0.2) is 6.10 Å². The maximum Gasteiger partial charge on any atom is 0.307 e. The summed E-state index contributed by atoms with van der Waals surface area (Å²) < 4.78 is 18.0. The lowest BCUT2D eigenvalue weighted by molar-refractivity contribution is -0.490. The summed E-state index contributed by atoms with van der Waals surface area (Å²) in [6.07, 6.45) is -1.17. The fraction of sp³-hybridized carbons (Fsp3) is 0.526. The van der Waals surface area contributed by atoms with Gasteiger partial charge in [0.2, 0.25) is 6.54 Å². The molecule has 0 bridgehead atoms. The molecule has 1 amide bonds. The Morgan fingerprint density at radius 2 is 2.00 bits per heavy atom. The van der Waals surface area contributed by atoms with Crippen molar-refractivity contribution >= 4 is 17.7 Å². The summed E-state index contributed by atoms with van der Waals surface area (Å²) in [5.74, 6) is -3.31. The molecule has 28 heavy (non-hydrogen) atoms. The van der Waals surface area contributed by atoms with E-state index in [9.17, 15) is 28.9 Å². The molecule has 1 saturated carbocycles. The molecule has 0 unspecified atom stereocenters. The van der Waals surface area contributed by atoms with E-state index in [-0.39, 0.29) is 43.4 Å². The largest absolute Gasteiger partial charge is 0.453 e. The Morgan fingerprint density at radius 3 is 2.61 bits per heavy atom. The van der Waals surface area contributed by atoms with Gasteiger partial charge < -0.3 is 10.1 Å². The number of amides is 1. The number of Topliss-reactive ketones (excluding diaryl/α,β-unsaturated/α-hetero) is 1. The number of carbonyl (C=O) groups excluding carboxylic acids is 3. The van der Waals surface area contributed by atoms with E-state index >= 15 is 0 Å². The van der Waals surface area contributed by atoms with Crippen LogP contribution in [0.3, 0.4) is 0 Å². The van der Waals surface area contributed by atoms with Gasteiger partial charge in [-0.05, 0) is 30.5 Å². The molecule has 1 aliphatic carbocycles. The second-order valence-electron chi connectivity index (χ2n) is 7.11. The molecule has 1 aromatic rings. The number of carbonyl (C=O) groups is 3. The van der Waals surface area contributed by atoms with Crippen molar-refractivity contribution in [1.82, 2.24) is 5.32 Å². The van der Waals surface area contributed by atoms with Gasteiger partial charge in [-0.1, -0.05) is 19.1 Å². The van der Waals surface area contributed by atoms with Gasteiger partial charge in [-0.15, -0.1) is 0 Å². The number of rotatable bonds is 8. The molecule has 1 N–H and O–H groups in total. The van der Waals surface area contributed by atoms with Crippen LogP contribution in [0.25, 0.3) is 0 Å². The van der Waals surface area contributed by atoms with Crippen LogP contribution < -0.4 is 5.32 Å². The Kier molecular flexibility index (Phi) is 7.19. The monoisotopic (exact) mass is 394 g/mol. The predicted molar refractivity (Wildman–Crippen MR) is 96.0 cm³/mol. The molecule has 0 spiro atoms. The Balaban J connectivity index is 1.85. The molecule has 9 heteroatoms. The summed E-state index contributed by atoms with van der Waals surface area (Å²) in [4.78, 5) is 46.6. The lowest BCUT2D eigenvalue weighted by atomic mass is 9.88. The van der Waals surface area contributed by atoms with Gasteiger partial charge in [0.25, 0.3) is 5.91 Å². The number of hydrogen-bond acceptors (Lipinski definition) is 6. The molecule has 8 nitrogen and oxygen atoms in total. The van der Waals surface area contributed by atoms with Crippen molar-refractivity contribution in [2.24, 2.45) is 17.8 Å². The van der Waals surface area contributed by atoms with Gasteiger partial charge in [-0.2, -0.15) is 0 Å². The molecular formula is C19H23FN2O6. The maximum atomic E-state index is 12.9. The van der Waals surface area contributed by atoms with Crippen LogP contribution in [0, 0.1) is 33.7 Å².